The number of nitrogens with one attached hydrogen (secondary N) is 1. The smallest absolute Gasteiger partial charge is 0.233 e. The fourth-order valence-electron chi connectivity index (χ4n) is 2.37. The van der Waals surface area contributed by atoms with Gasteiger partial charge in [0.15, 0.2) is 5.84 Å². The Kier molecular flexibility index (Phi) is 4.22. The quantitative estimate of drug-likeness (QED) is 0.329. The summed E-state index contributed by atoms with van der Waals surface area (Å²) in [5.74, 6) is -0.512. The molecule has 1 fully saturated rings. The van der Waals surface area contributed by atoms with E-state index >= 15 is 0 Å². The average Bonchev–Trinajstić information content (AvgIpc) is 2.39. The Morgan fingerprint density at radius 3 is 2.55 bits per heavy atom. The van der Waals surface area contributed by atoms with Crippen LogP contribution in [0.3, 0.4) is 0 Å². The summed E-state index contributed by atoms with van der Waals surface area (Å²) in [7, 11) is 0. The van der Waals surface area contributed by atoms with Gasteiger partial charge < -0.3 is 16.3 Å². The summed E-state index contributed by atoms with van der Waals surface area (Å²) >= 11 is 0. The molecule has 1 aliphatic rings. The number of hydrogen-bond donors (Lipinski definition) is 3. The molecular formula is C14H18FN3O2. The predicted molar refractivity (Wildman–Crippen MR) is 72.8 cm³/mol. The van der Waals surface area contributed by atoms with Crippen LogP contribution >= 0.6 is 0 Å². The van der Waals surface area contributed by atoms with Crippen molar-refractivity contribution < 1.29 is 14.4 Å². The van der Waals surface area contributed by atoms with E-state index in [1.807, 2.05) is 0 Å². The normalized spacial score (nSPS) is 17.4. The summed E-state index contributed by atoms with van der Waals surface area (Å²) < 4.78 is 12.8. The molecule has 4 N–H and O–H groups in total. The van der Waals surface area contributed by atoms with Gasteiger partial charge in [-0.2, -0.15) is 0 Å². The molecule has 1 saturated carbocycles. The average molecular weight is 279 g/mol. The van der Waals surface area contributed by atoms with Crippen molar-refractivity contribution in [2.24, 2.45) is 16.3 Å². The van der Waals surface area contributed by atoms with Gasteiger partial charge in [0.25, 0.3) is 0 Å². The maximum atomic E-state index is 12.8. The molecule has 1 aliphatic carbocycles. The van der Waals surface area contributed by atoms with E-state index in [1.165, 1.54) is 12.1 Å². The molecule has 2 rings (SSSR count). The lowest BCUT2D eigenvalue weighted by Gasteiger charge is -2.38. The van der Waals surface area contributed by atoms with E-state index in [9.17, 15) is 9.18 Å². The highest BCUT2D eigenvalue weighted by Gasteiger charge is 2.48. The molecular weight excluding hydrogens is 261 g/mol. The van der Waals surface area contributed by atoms with E-state index in [0.717, 1.165) is 12.0 Å². The minimum atomic E-state index is -0.850. The number of amides is 1. The van der Waals surface area contributed by atoms with Crippen LogP contribution in [0.5, 0.6) is 0 Å². The molecule has 0 bridgehead atoms. The van der Waals surface area contributed by atoms with Gasteiger partial charge in [-0.15, -0.1) is 0 Å². The molecule has 0 atom stereocenters. The second-order valence-corrected chi connectivity index (χ2v) is 5.05. The van der Waals surface area contributed by atoms with E-state index < -0.39 is 5.41 Å². The van der Waals surface area contributed by atoms with Crippen molar-refractivity contribution in [2.45, 2.75) is 25.7 Å². The van der Waals surface area contributed by atoms with Crippen LogP contribution in [-0.2, 0) is 11.2 Å². The second-order valence-electron chi connectivity index (χ2n) is 5.05. The van der Waals surface area contributed by atoms with Gasteiger partial charge in [0, 0.05) is 6.54 Å². The fourth-order valence-corrected chi connectivity index (χ4v) is 2.37. The Balaban J connectivity index is 1.87. The molecule has 1 aromatic rings. The third-order valence-electron chi connectivity index (χ3n) is 3.85. The van der Waals surface area contributed by atoms with Gasteiger partial charge >= 0.3 is 0 Å². The Bertz CT molecular complexity index is 510. The topological polar surface area (TPSA) is 87.7 Å². The Morgan fingerprint density at radius 1 is 1.40 bits per heavy atom. The molecule has 0 radical (unpaired) electrons. The standard InChI is InChI=1S/C14H18FN3O2/c15-11-4-2-10(3-5-11)6-9-17-13(19)14(7-1-8-14)12(16)18-20/h2-5,20H,1,6-9H2,(H2,16,18)(H,17,19). The van der Waals surface area contributed by atoms with Crippen molar-refractivity contribution in [2.75, 3.05) is 6.54 Å². The maximum Gasteiger partial charge on any atom is 0.233 e. The first-order chi connectivity index (χ1) is 9.58. The van der Waals surface area contributed by atoms with Crippen molar-refractivity contribution in [3.05, 3.63) is 35.6 Å². The highest BCUT2D eigenvalue weighted by molar-refractivity contribution is 6.07. The molecule has 1 amide bonds. The number of benzene rings is 1. The van der Waals surface area contributed by atoms with Crippen LogP contribution in [0.1, 0.15) is 24.8 Å². The van der Waals surface area contributed by atoms with Gasteiger partial charge in [-0.05, 0) is 37.0 Å². The van der Waals surface area contributed by atoms with Crippen LogP contribution in [0.4, 0.5) is 4.39 Å². The monoisotopic (exact) mass is 279 g/mol. The van der Waals surface area contributed by atoms with Crippen LogP contribution in [0.15, 0.2) is 29.4 Å². The number of rotatable bonds is 5. The predicted octanol–water partition coefficient (Wildman–Crippen LogP) is 1.40. The number of carbonyl (C=O) groups is 1. The van der Waals surface area contributed by atoms with E-state index in [0.29, 0.717) is 25.8 Å². The molecule has 5 nitrogen and oxygen atoms in total. The minimum Gasteiger partial charge on any atom is -0.409 e. The number of nitrogens with zero attached hydrogens (tertiary/aromatic N) is 1. The van der Waals surface area contributed by atoms with Gasteiger partial charge in [-0.25, -0.2) is 4.39 Å². The highest BCUT2D eigenvalue weighted by Crippen LogP contribution is 2.41. The number of carbonyl (C=O) groups excluding carboxylic acids is 1. The summed E-state index contributed by atoms with van der Waals surface area (Å²) in [6.07, 6.45) is 2.70. The maximum absolute atomic E-state index is 12.8. The number of oxime groups is 1. The minimum absolute atomic E-state index is 0.0250. The van der Waals surface area contributed by atoms with E-state index in [1.54, 1.807) is 12.1 Å². The third-order valence-corrected chi connectivity index (χ3v) is 3.85. The molecule has 108 valence electrons. The molecule has 0 spiro atoms. The van der Waals surface area contributed by atoms with Crippen LogP contribution in [0.2, 0.25) is 0 Å². The molecule has 0 aliphatic heterocycles. The van der Waals surface area contributed by atoms with Gasteiger partial charge in [0.05, 0.1) is 0 Å². The lowest BCUT2D eigenvalue weighted by atomic mass is 9.67. The molecule has 20 heavy (non-hydrogen) atoms. The first-order valence-electron chi connectivity index (χ1n) is 6.59. The molecule has 0 unspecified atom stereocenters. The summed E-state index contributed by atoms with van der Waals surface area (Å²) in [6.45, 7) is 0.435. The van der Waals surface area contributed by atoms with Gasteiger partial charge in [0.2, 0.25) is 5.91 Å². The third kappa shape index (κ3) is 2.74. The molecule has 0 heterocycles. The highest BCUT2D eigenvalue weighted by atomic mass is 19.1. The van der Waals surface area contributed by atoms with Crippen LogP contribution in [0, 0.1) is 11.2 Å². The Labute approximate surface area is 116 Å². The van der Waals surface area contributed by atoms with Crippen molar-refractivity contribution in [1.82, 2.24) is 5.32 Å². The number of nitrogens with two attached hydrogens (primary N) is 1. The van der Waals surface area contributed by atoms with Gasteiger partial charge in [-0.1, -0.05) is 23.7 Å². The first kappa shape index (κ1) is 14.3. The van der Waals surface area contributed by atoms with Crippen molar-refractivity contribution in [3.8, 4) is 0 Å². The molecule has 0 saturated heterocycles. The Hall–Kier alpha value is -2.11. The SMILES string of the molecule is N/C(=N/O)C1(C(=O)NCCc2ccc(F)cc2)CCC1. The largest absolute Gasteiger partial charge is 0.409 e. The van der Waals surface area contributed by atoms with Crippen molar-refractivity contribution in [1.29, 1.82) is 0 Å². The van der Waals surface area contributed by atoms with E-state index in [2.05, 4.69) is 10.5 Å². The van der Waals surface area contributed by atoms with E-state index in [-0.39, 0.29) is 17.6 Å². The van der Waals surface area contributed by atoms with Crippen LogP contribution < -0.4 is 11.1 Å². The zero-order valence-corrected chi connectivity index (χ0v) is 11.1. The summed E-state index contributed by atoms with van der Waals surface area (Å²) in [6, 6.07) is 6.15. The Morgan fingerprint density at radius 2 is 2.05 bits per heavy atom. The van der Waals surface area contributed by atoms with Gasteiger partial charge in [0.1, 0.15) is 11.2 Å². The van der Waals surface area contributed by atoms with Crippen LogP contribution in [-0.4, -0.2) is 23.5 Å². The molecule has 1 aromatic carbocycles. The lowest BCUT2D eigenvalue weighted by Crippen LogP contribution is -2.54. The number of hydrogen-bond acceptors (Lipinski definition) is 3. The fraction of sp³-hybridized carbons (Fsp3) is 0.429. The summed E-state index contributed by atoms with van der Waals surface area (Å²) in [5.41, 5.74) is 5.70. The van der Waals surface area contributed by atoms with Crippen LogP contribution in [0.25, 0.3) is 0 Å². The van der Waals surface area contributed by atoms with Gasteiger partial charge in [-0.3, -0.25) is 4.79 Å². The zero-order valence-electron chi connectivity index (χ0n) is 11.1. The van der Waals surface area contributed by atoms with Crippen molar-refractivity contribution in [3.63, 3.8) is 0 Å². The van der Waals surface area contributed by atoms with Crippen molar-refractivity contribution >= 4 is 11.7 Å². The van der Waals surface area contributed by atoms with E-state index in [4.69, 9.17) is 10.9 Å². The molecule has 6 heteroatoms. The second kappa shape index (κ2) is 5.90. The molecule has 0 aromatic heterocycles. The number of halogens is 1. The summed E-state index contributed by atoms with van der Waals surface area (Å²) in [4.78, 5) is 12.1. The number of amidine groups is 1. The lowest BCUT2D eigenvalue weighted by molar-refractivity contribution is -0.131. The first-order valence-corrected chi connectivity index (χ1v) is 6.59. The zero-order chi connectivity index (χ0) is 14.6. The summed E-state index contributed by atoms with van der Waals surface area (Å²) in [5, 5.41) is 14.5.